The van der Waals surface area contributed by atoms with Crippen molar-refractivity contribution in [2.24, 2.45) is 0 Å². The zero-order valence-corrected chi connectivity index (χ0v) is 14.7. The molecule has 0 aliphatic rings. The molecule has 0 aromatic heterocycles. The van der Waals surface area contributed by atoms with Gasteiger partial charge >= 0.3 is 6.18 Å². The van der Waals surface area contributed by atoms with Gasteiger partial charge in [0.1, 0.15) is 0 Å². The first-order chi connectivity index (χ1) is 12.4. The summed E-state index contributed by atoms with van der Waals surface area (Å²) in [6.45, 7) is 0.931. The predicted octanol–water partition coefficient (Wildman–Crippen LogP) is 2.93. The van der Waals surface area contributed by atoms with E-state index in [1.54, 1.807) is 0 Å². The second kappa shape index (κ2) is 7.62. The molecular weight excluding hydrogens is 389 g/mol. The number of halogens is 3. The van der Waals surface area contributed by atoms with Crippen molar-refractivity contribution in [3.05, 3.63) is 69.3 Å². The summed E-state index contributed by atoms with van der Waals surface area (Å²) in [4.78, 5) is 9.75. The molecular formula is C16H15F3N2O5S. The number of alkyl halides is 3. The number of benzene rings is 2. The van der Waals surface area contributed by atoms with Gasteiger partial charge in [0.15, 0.2) is 0 Å². The van der Waals surface area contributed by atoms with Crippen molar-refractivity contribution in [3.63, 3.8) is 0 Å². The Morgan fingerprint density at radius 3 is 2.30 bits per heavy atom. The van der Waals surface area contributed by atoms with Crippen molar-refractivity contribution in [1.29, 1.82) is 0 Å². The molecule has 2 N–H and O–H groups in total. The molecule has 0 aliphatic carbocycles. The lowest BCUT2D eigenvalue weighted by molar-refractivity contribution is -0.385. The predicted molar refractivity (Wildman–Crippen MR) is 89.4 cm³/mol. The number of nitro groups is 1. The lowest BCUT2D eigenvalue weighted by Gasteiger charge is -2.14. The minimum absolute atomic E-state index is 0.0847. The van der Waals surface area contributed by atoms with Gasteiger partial charge in [-0.25, -0.2) is 13.1 Å². The van der Waals surface area contributed by atoms with E-state index in [0.29, 0.717) is 0 Å². The molecule has 146 valence electrons. The molecule has 27 heavy (non-hydrogen) atoms. The van der Waals surface area contributed by atoms with Gasteiger partial charge in [-0.05, 0) is 30.2 Å². The summed E-state index contributed by atoms with van der Waals surface area (Å²) in [5.74, 6) is 0. The minimum Gasteiger partial charge on any atom is -0.387 e. The van der Waals surface area contributed by atoms with Gasteiger partial charge in [-0.1, -0.05) is 18.2 Å². The molecule has 1 atom stereocenters. The maximum absolute atomic E-state index is 12.5. The maximum Gasteiger partial charge on any atom is 0.416 e. The summed E-state index contributed by atoms with van der Waals surface area (Å²) in [5.41, 5.74) is -0.964. The van der Waals surface area contributed by atoms with Gasteiger partial charge in [-0.15, -0.1) is 0 Å². The zero-order valence-electron chi connectivity index (χ0n) is 13.9. The quantitative estimate of drug-likeness (QED) is 0.568. The monoisotopic (exact) mass is 404 g/mol. The van der Waals surface area contributed by atoms with E-state index in [-0.39, 0.29) is 16.0 Å². The molecule has 0 fully saturated rings. The van der Waals surface area contributed by atoms with Crippen LogP contribution in [0.2, 0.25) is 0 Å². The number of non-ortho nitro benzene ring substituents is 1. The van der Waals surface area contributed by atoms with Crippen molar-refractivity contribution in [3.8, 4) is 0 Å². The fraction of sp³-hybridized carbons (Fsp3) is 0.250. The summed E-state index contributed by atoms with van der Waals surface area (Å²) < 4.78 is 64.4. The van der Waals surface area contributed by atoms with Gasteiger partial charge in [-0.3, -0.25) is 10.1 Å². The molecule has 0 spiro atoms. The van der Waals surface area contributed by atoms with Gasteiger partial charge in [0.05, 0.1) is 21.5 Å². The highest BCUT2D eigenvalue weighted by molar-refractivity contribution is 7.89. The summed E-state index contributed by atoms with van der Waals surface area (Å²) in [6, 6.07) is 6.96. The molecule has 0 amide bonds. The molecule has 11 heteroatoms. The fourth-order valence-corrected chi connectivity index (χ4v) is 3.57. The minimum atomic E-state index is -4.52. The number of hydrogen-bond acceptors (Lipinski definition) is 5. The summed E-state index contributed by atoms with van der Waals surface area (Å²) in [6.07, 6.45) is -5.92. The number of aliphatic hydroxyl groups excluding tert-OH is 1. The van der Waals surface area contributed by atoms with Gasteiger partial charge in [-0.2, -0.15) is 13.2 Å². The van der Waals surface area contributed by atoms with Gasteiger partial charge in [0.25, 0.3) is 5.69 Å². The van der Waals surface area contributed by atoms with Crippen LogP contribution in [0.3, 0.4) is 0 Å². The van der Waals surface area contributed by atoms with E-state index in [1.807, 2.05) is 0 Å². The van der Waals surface area contributed by atoms with Crippen molar-refractivity contribution >= 4 is 15.7 Å². The van der Waals surface area contributed by atoms with E-state index >= 15 is 0 Å². The lowest BCUT2D eigenvalue weighted by Crippen LogP contribution is -2.29. The number of aryl methyl sites for hydroxylation is 1. The van der Waals surface area contributed by atoms with Crippen molar-refractivity contribution in [2.75, 3.05) is 6.54 Å². The van der Waals surface area contributed by atoms with Crippen LogP contribution in [0.4, 0.5) is 18.9 Å². The normalized spacial score (nSPS) is 13.4. The molecule has 0 bridgehead atoms. The van der Waals surface area contributed by atoms with Crippen molar-refractivity contribution < 1.29 is 31.6 Å². The Morgan fingerprint density at radius 1 is 1.19 bits per heavy atom. The first-order valence-corrected chi connectivity index (χ1v) is 9.00. The number of nitro benzene ring substituents is 1. The first kappa shape index (κ1) is 20.8. The first-order valence-electron chi connectivity index (χ1n) is 7.52. The highest BCUT2D eigenvalue weighted by Gasteiger charge is 2.30. The van der Waals surface area contributed by atoms with Crippen LogP contribution in [-0.4, -0.2) is 25.0 Å². The number of nitrogens with zero attached hydrogens (tertiary/aromatic N) is 1. The van der Waals surface area contributed by atoms with Crippen molar-refractivity contribution in [1.82, 2.24) is 4.72 Å². The van der Waals surface area contributed by atoms with Gasteiger partial charge in [0.2, 0.25) is 10.0 Å². The molecule has 2 rings (SSSR count). The average Bonchev–Trinajstić information content (AvgIpc) is 2.59. The Bertz CT molecular complexity index is 944. The van der Waals surface area contributed by atoms with Gasteiger partial charge in [0, 0.05) is 18.7 Å². The third kappa shape index (κ3) is 5.02. The Balaban J connectivity index is 2.15. The van der Waals surface area contributed by atoms with Gasteiger partial charge < -0.3 is 5.11 Å². The van der Waals surface area contributed by atoms with Crippen LogP contribution in [-0.2, 0) is 16.2 Å². The highest BCUT2D eigenvalue weighted by Crippen LogP contribution is 2.30. The van der Waals surface area contributed by atoms with E-state index in [4.69, 9.17) is 0 Å². The average molecular weight is 404 g/mol. The van der Waals surface area contributed by atoms with Crippen molar-refractivity contribution in [2.45, 2.75) is 24.1 Å². The van der Waals surface area contributed by atoms with Crippen LogP contribution in [0.5, 0.6) is 0 Å². The fourth-order valence-electron chi connectivity index (χ4n) is 2.27. The summed E-state index contributed by atoms with van der Waals surface area (Å²) in [7, 11) is -4.18. The van der Waals surface area contributed by atoms with E-state index in [9.17, 15) is 36.8 Å². The molecule has 1 unspecified atom stereocenters. The number of sulfonamides is 1. The standard InChI is InChI=1S/C16H15F3N2O5S/c1-10-2-7-13(21(23)24)8-15(10)27(25,26)20-9-14(22)11-3-5-12(6-4-11)16(17,18)19/h2-8,14,20,22H,9H2,1H3. The van der Waals surface area contributed by atoms with Crippen LogP contribution < -0.4 is 4.72 Å². The van der Waals surface area contributed by atoms with E-state index < -0.39 is 45.0 Å². The van der Waals surface area contributed by atoms with Crippen LogP contribution >= 0.6 is 0 Å². The van der Waals surface area contributed by atoms with Crippen LogP contribution in [0.1, 0.15) is 22.8 Å². The second-order valence-electron chi connectivity index (χ2n) is 5.69. The Morgan fingerprint density at radius 2 is 1.78 bits per heavy atom. The van der Waals surface area contributed by atoms with Crippen LogP contribution in [0, 0.1) is 17.0 Å². The van der Waals surface area contributed by atoms with Crippen LogP contribution in [0.25, 0.3) is 0 Å². The smallest absolute Gasteiger partial charge is 0.387 e. The van der Waals surface area contributed by atoms with E-state index in [2.05, 4.69) is 4.72 Å². The third-order valence-electron chi connectivity index (χ3n) is 3.76. The Kier molecular flexibility index (Phi) is 5.88. The number of hydrogen-bond donors (Lipinski definition) is 2. The number of rotatable bonds is 6. The van der Waals surface area contributed by atoms with E-state index in [1.165, 1.54) is 13.0 Å². The topological polar surface area (TPSA) is 110 Å². The summed E-state index contributed by atoms with van der Waals surface area (Å²) in [5, 5.41) is 20.8. The Labute approximate surface area is 152 Å². The molecule has 2 aromatic rings. The highest BCUT2D eigenvalue weighted by atomic mass is 32.2. The molecule has 2 aromatic carbocycles. The second-order valence-corrected chi connectivity index (χ2v) is 7.43. The SMILES string of the molecule is Cc1ccc([N+](=O)[O-])cc1S(=O)(=O)NCC(O)c1ccc(C(F)(F)F)cc1. The molecule has 0 heterocycles. The lowest BCUT2D eigenvalue weighted by atomic mass is 10.1. The molecule has 0 aliphatic heterocycles. The third-order valence-corrected chi connectivity index (χ3v) is 5.33. The van der Waals surface area contributed by atoms with Crippen LogP contribution in [0.15, 0.2) is 47.4 Å². The molecule has 7 nitrogen and oxygen atoms in total. The Hall–Kier alpha value is -2.50. The maximum atomic E-state index is 12.5. The molecule has 0 saturated carbocycles. The largest absolute Gasteiger partial charge is 0.416 e. The summed E-state index contributed by atoms with van der Waals surface area (Å²) >= 11 is 0. The molecule has 0 saturated heterocycles. The molecule has 0 radical (unpaired) electrons. The number of aliphatic hydroxyl groups is 1. The number of nitrogens with one attached hydrogen (secondary N) is 1. The van der Waals surface area contributed by atoms with E-state index in [0.717, 1.165) is 36.4 Å². The zero-order chi connectivity index (χ0) is 20.4.